The number of hydrogen-bond acceptors (Lipinski definition) is 5. The zero-order chi connectivity index (χ0) is 22.3. The van der Waals surface area contributed by atoms with E-state index in [0.29, 0.717) is 44.5 Å². The summed E-state index contributed by atoms with van der Waals surface area (Å²) in [6.45, 7) is 4.22. The molecule has 0 saturated heterocycles. The molecule has 2 aliphatic rings. The number of nitrogens with zero attached hydrogens (tertiary/aromatic N) is 3. The quantitative estimate of drug-likeness (QED) is 0.259. The third-order valence-electron chi connectivity index (χ3n) is 7.39. The number of fused-ring (bicyclic) bond motifs is 7. The number of esters is 1. The van der Waals surface area contributed by atoms with Crippen molar-refractivity contribution < 1.29 is 9.53 Å². The number of rotatable bonds is 2. The fourth-order valence-electron chi connectivity index (χ4n) is 5.67. The Kier molecular flexibility index (Phi) is 4.12. The van der Waals surface area contributed by atoms with E-state index in [1.165, 1.54) is 0 Å². The number of pyridine rings is 1. The Bertz CT molecular complexity index is 1450. The number of halogens is 2. The van der Waals surface area contributed by atoms with Gasteiger partial charge in [0.15, 0.2) is 5.75 Å². The summed E-state index contributed by atoms with van der Waals surface area (Å²) in [6.07, 6.45) is 3.21. The van der Waals surface area contributed by atoms with Crippen LogP contribution in [0.4, 0.5) is 0 Å². The van der Waals surface area contributed by atoms with E-state index in [9.17, 15) is 4.79 Å². The van der Waals surface area contributed by atoms with Crippen molar-refractivity contribution in [1.82, 2.24) is 15.0 Å². The van der Waals surface area contributed by atoms with Crippen LogP contribution in [0, 0.1) is 5.41 Å². The van der Waals surface area contributed by atoms with Gasteiger partial charge in [-0.25, -0.2) is 9.97 Å². The van der Waals surface area contributed by atoms with Crippen LogP contribution in [-0.4, -0.2) is 20.9 Å². The summed E-state index contributed by atoms with van der Waals surface area (Å²) >= 11 is 12.4. The van der Waals surface area contributed by atoms with Gasteiger partial charge in [0, 0.05) is 17.5 Å². The van der Waals surface area contributed by atoms with E-state index in [1.54, 1.807) is 24.4 Å². The normalized spacial score (nSPS) is 22.9. The molecule has 0 N–H and O–H groups in total. The Balaban J connectivity index is 1.52. The highest BCUT2D eigenvalue weighted by atomic mass is 35.5. The average Bonchev–Trinajstić information content (AvgIpc) is 3.15. The predicted octanol–water partition coefficient (Wildman–Crippen LogP) is 6.25. The zero-order valence-corrected chi connectivity index (χ0v) is 19.0. The van der Waals surface area contributed by atoms with E-state index in [1.807, 2.05) is 24.3 Å². The summed E-state index contributed by atoms with van der Waals surface area (Å²) in [5, 5.41) is 1.77. The topological polar surface area (TPSA) is 65.0 Å². The van der Waals surface area contributed by atoms with E-state index < -0.39 is 10.8 Å². The smallest absolute Gasteiger partial charge is 0.324 e. The molecule has 2 heterocycles. The van der Waals surface area contributed by atoms with Crippen molar-refractivity contribution in [3.05, 3.63) is 70.1 Å². The van der Waals surface area contributed by atoms with Crippen molar-refractivity contribution in [3.63, 3.8) is 0 Å². The maximum absolute atomic E-state index is 13.9. The first kappa shape index (κ1) is 19.9. The number of para-hydroxylation sites is 1. The van der Waals surface area contributed by atoms with Crippen LogP contribution in [0.25, 0.3) is 21.9 Å². The van der Waals surface area contributed by atoms with Gasteiger partial charge in [-0.3, -0.25) is 9.78 Å². The molecule has 5 nitrogen and oxygen atoms in total. The van der Waals surface area contributed by atoms with Gasteiger partial charge in [-0.05, 0) is 42.5 Å². The molecule has 2 aromatic carbocycles. The Labute approximate surface area is 194 Å². The van der Waals surface area contributed by atoms with E-state index in [2.05, 4.69) is 18.8 Å². The maximum Gasteiger partial charge on any atom is 0.324 e. The molecule has 0 aliphatic heterocycles. The molecule has 160 valence electrons. The lowest BCUT2D eigenvalue weighted by atomic mass is 9.68. The number of benzene rings is 2. The fourth-order valence-corrected chi connectivity index (χ4v) is 5.99. The molecule has 2 unspecified atom stereocenters. The summed E-state index contributed by atoms with van der Waals surface area (Å²) in [5.41, 5.74) is 2.25. The first-order chi connectivity index (χ1) is 15.3. The first-order valence-electron chi connectivity index (χ1n) is 10.6. The van der Waals surface area contributed by atoms with Gasteiger partial charge in [-0.15, -0.1) is 0 Å². The average molecular weight is 464 g/mol. The second kappa shape index (κ2) is 6.63. The zero-order valence-electron chi connectivity index (χ0n) is 17.5. The standard InChI is InChI=1S/C25H19Cl2N3O2/c1-24(2)14-8-9-25(24,22-21(14)29-17-11-15(26)16(27)12-18(17)30-22)23(31)32-19-7-3-5-13-6-4-10-28-20(13)19/h3-7,10-12,14H,8-9H2,1-2H3. The van der Waals surface area contributed by atoms with Crippen molar-refractivity contribution >= 4 is 51.1 Å². The molecule has 0 amide bonds. The maximum atomic E-state index is 13.9. The molecule has 1 saturated carbocycles. The number of carbonyl (C=O) groups excluding carboxylic acids is 1. The summed E-state index contributed by atoms with van der Waals surface area (Å²) in [6, 6.07) is 12.9. The molecular formula is C25H19Cl2N3O2. The molecule has 2 atom stereocenters. The molecule has 0 spiro atoms. The van der Waals surface area contributed by atoms with Gasteiger partial charge >= 0.3 is 5.97 Å². The van der Waals surface area contributed by atoms with Gasteiger partial charge in [0.25, 0.3) is 0 Å². The lowest BCUT2D eigenvalue weighted by Gasteiger charge is -2.35. The van der Waals surface area contributed by atoms with Crippen LogP contribution in [0.5, 0.6) is 5.75 Å². The highest BCUT2D eigenvalue weighted by Crippen LogP contribution is 2.67. The molecule has 4 aromatic rings. The predicted molar refractivity (Wildman–Crippen MR) is 124 cm³/mol. The van der Waals surface area contributed by atoms with Gasteiger partial charge in [0.05, 0.1) is 32.5 Å². The van der Waals surface area contributed by atoms with Gasteiger partial charge in [-0.1, -0.05) is 55.2 Å². The molecule has 2 aromatic heterocycles. The van der Waals surface area contributed by atoms with Crippen LogP contribution in [0.3, 0.4) is 0 Å². The largest absolute Gasteiger partial charge is 0.423 e. The highest BCUT2D eigenvalue weighted by molar-refractivity contribution is 6.42. The van der Waals surface area contributed by atoms with Crippen molar-refractivity contribution in [2.24, 2.45) is 5.41 Å². The van der Waals surface area contributed by atoms with Crippen LogP contribution >= 0.6 is 23.2 Å². The van der Waals surface area contributed by atoms with E-state index in [4.69, 9.17) is 37.9 Å². The van der Waals surface area contributed by atoms with Gasteiger partial charge < -0.3 is 4.74 Å². The summed E-state index contributed by atoms with van der Waals surface area (Å²) in [5.74, 6) is 0.261. The molecule has 2 aliphatic carbocycles. The van der Waals surface area contributed by atoms with E-state index in [0.717, 1.165) is 17.5 Å². The summed E-state index contributed by atoms with van der Waals surface area (Å²) < 4.78 is 6.06. The number of aromatic nitrogens is 3. The number of carbonyl (C=O) groups is 1. The number of ether oxygens (including phenoxy) is 1. The lowest BCUT2D eigenvalue weighted by molar-refractivity contribution is -0.144. The summed E-state index contributed by atoms with van der Waals surface area (Å²) in [4.78, 5) is 28.1. The van der Waals surface area contributed by atoms with Crippen LogP contribution in [0.1, 0.15) is 44.0 Å². The van der Waals surface area contributed by atoms with Crippen molar-refractivity contribution in [3.8, 4) is 5.75 Å². The fraction of sp³-hybridized carbons (Fsp3) is 0.280. The third kappa shape index (κ3) is 2.46. The van der Waals surface area contributed by atoms with Gasteiger partial charge in [0.1, 0.15) is 10.9 Å². The molecule has 0 radical (unpaired) electrons. The van der Waals surface area contributed by atoms with Crippen LogP contribution < -0.4 is 4.74 Å². The van der Waals surface area contributed by atoms with Crippen molar-refractivity contribution in [1.29, 1.82) is 0 Å². The van der Waals surface area contributed by atoms with Crippen molar-refractivity contribution in [2.75, 3.05) is 0 Å². The van der Waals surface area contributed by atoms with E-state index >= 15 is 0 Å². The second-order valence-electron chi connectivity index (χ2n) is 9.15. The Morgan fingerprint density at radius 3 is 2.56 bits per heavy atom. The third-order valence-corrected chi connectivity index (χ3v) is 8.12. The molecular weight excluding hydrogens is 445 g/mol. The van der Waals surface area contributed by atoms with Crippen LogP contribution in [0.15, 0.2) is 48.7 Å². The highest BCUT2D eigenvalue weighted by Gasteiger charge is 2.69. The first-order valence-corrected chi connectivity index (χ1v) is 11.3. The monoisotopic (exact) mass is 463 g/mol. The molecule has 6 rings (SSSR count). The van der Waals surface area contributed by atoms with E-state index in [-0.39, 0.29) is 11.9 Å². The molecule has 2 bridgehead atoms. The Morgan fingerprint density at radius 1 is 1.06 bits per heavy atom. The number of hydrogen-bond donors (Lipinski definition) is 0. The van der Waals surface area contributed by atoms with Gasteiger partial charge in [-0.2, -0.15) is 0 Å². The lowest BCUT2D eigenvalue weighted by Crippen LogP contribution is -2.46. The van der Waals surface area contributed by atoms with Crippen LogP contribution in [0.2, 0.25) is 10.0 Å². The Morgan fingerprint density at radius 2 is 1.78 bits per heavy atom. The van der Waals surface area contributed by atoms with Crippen LogP contribution in [-0.2, 0) is 10.2 Å². The molecule has 1 fully saturated rings. The SMILES string of the molecule is CC1(C)C2CCC1(C(=O)Oc1cccc3cccnc13)c1nc3cc(Cl)c(Cl)cc3nc12. The minimum absolute atomic E-state index is 0.113. The molecule has 7 heteroatoms. The Hall–Kier alpha value is -2.76. The minimum Gasteiger partial charge on any atom is -0.423 e. The summed E-state index contributed by atoms with van der Waals surface area (Å²) in [7, 11) is 0. The van der Waals surface area contributed by atoms with Crippen molar-refractivity contribution in [2.45, 2.75) is 38.0 Å². The molecule has 32 heavy (non-hydrogen) atoms. The minimum atomic E-state index is -0.892. The second-order valence-corrected chi connectivity index (χ2v) is 9.97. The van der Waals surface area contributed by atoms with Gasteiger partial charge in [0.2, 0.25) is 0 Å².